The van der Waals surface area contributed by atoms with Crippen molar-refractivity contribution in [1.82, 2.24) is 0 Å². The lowest BCUT2D eigenvalue weighted by Gasteiger charge is -2.13. The van der Waals surface area contributed by atoms with E-state index in [0.717, 1.165) is 18.8 Å². The highest BCUT2D eigenvalue weighted by molar-refractivity contribution is 5.50. The largest absolute Gasteiger partial charge is 0.493 e. The van der Waals surface area contributed by atoms with Crippen LogP contribution in [0, 0.1) is 0 Å². The summed E-state index contributed by atoms with van der Waals surface area (Å²) >= 11 is 0. The number of benzene rings is 1. The number of para-hydroxylation sites is 1. The average Bonchev–Trinajstić information content (AvgIpc) is 2.45. The van der Waals surface area contributed by atoms with Gasteiger partial charge in [-0.15, -0.1) is 0 Å². The SMILES string of the molecule is CCCCCCCCOc1cccc(OC)c1OC. The molecule has 0 amide bonds. The van der Waals surface area contributed by atoms with Gasteiger partial charge in [0.1, 0.15) is 0 Å². The van der Waals surface area contributed by atoms with Gasteiger partial charge in [-0.2, -0.15) is 0 Å². The summed E-state index contributed by atoms with van der Waals surface area (Å²) in [4.78, 5) is 0. The smallest absolute Gasteiger partial charge is 0.203 e. The molecule has 0 spiro atoms. The third-order valence-corrected chi connectivity index (χ3v) is 3.12. The Hall–Kier alpha value is -1.38. The zero-order valence-electron chi connectivity index (χ0n) is 12.4. The predicted molar refractivity (Wildman–Crippen MR) is 78.4 cm³/mol. The molecule has 3 nitrogen and oxygen atoms in total. The summed E-state index contributed by atoms with van der Waals surface area (Å²) in [5.41, 5.74) is 0. The molecule has 0 fully saturated rings. The lowest BCUT2D eigenvalue weighted by Crippen LogP contribution is -2.00. The average molecular weight is 266 g/mol. The molecular weight excluding hydrogens is 240 g/mol. The molecule has 1 aromatic carbocycles. The van der Waals surface area contributed by atoms with E-state index in [9.17, 15) is 0 Å². The van der Waals surface area contributed by atoms with E-state index in [1.165, 1.54) is 32.1 Å². The molecule has 1 aromatic rings. The zero-order chi connectivity index (χ0) is 13.9. The molecule has 108 valence electrons. The first kappa shape index (κ1) is 15.7. The molecule has 0 saturated carbocycles. The summed E-state index contributed by atoms with van der Waals surface area (Å²) in [6.45, 7) is 2.97. The minimum atomic E-state index is 0.677. The van der Waals surface area contributed by atoms with Gasteiger partial charge in [-0.05, 0) is 18.6 Å². The molecule has 0 radical (unpaired) electrons. The molecule has 0 aliphatic rings. The molecule has 1 rings (SSSR count). The molecule has 0 unspecified atom stereocenters. The molecule has 3 heteroatoms. The number of unbranched alkanes of at least 4 members (excludes halogenated alkanes) is 5. The summed E-state index contributed by atoms with van der Waals surface area (Å²) in [6.07, 6.45) is 7.57. The number of rotatable bonds is 10. The molecule has 0 N–H and O–H groups in total. The van der Waals surface area contributed by atoms with Crippen LogP contribution in [0.3, 0.4) is 0 Å². The first-order valence-electron chi connectivity index (χ1n) is 7.17. The molecule has 0 heterocycles. The van der Waals surface area contributed by atoms with E-state index >= 15 is 0 Å². The minimum Gasteiger partial charge on any atom is -0.493 e. The van der Waals surface area contributed by atoms with Crippen LogP contribution >= 0.6 is 0 Å². The van der Waals surface area contributed by atoms with Gasteiger partial charge in [-0.25, -0.2) is 0 Å². The number of hydrogen-bond acceptors (Lipinski definition) is 3. The van der Waals surface area contributed by atoms with Crippen molar-refractivity contribution in [1.29, 1.82) is 0 Å². The summed E-state index contributed by atoms with van der Waals surface area (Å²) in [7, 11) is 3.27. The van der Waals surface area contributed by atoms with Crippen molar-refractivity contribution >= 4 is 0 Å². The first-order chi connectivity index (χ1) is 9.33. The van der Waals surface area contributed by atoms with Gasteiger partial charge in [-0.1, -0.05) is 45.1 Å². The Kier molecular flexibility index (Phi) is 7.87. The Balaban J connectivity index is 2.33. The predicted octanol–water partition coefficient (Wildman–Crippen LogP) is 4.44. The molecule has 0 aliphatic carbocycles. The van der Waals surface area contributed by atoms with E-state index in [0.29, 0.717) is 11.5 Å². The second-order valence-electron chi connectivity index (χ2n) is 4.61. The lowest BCUT2D eigenvalue weighted by molar-refractivity contribution is 0.276. The van der Waals surface area contributed by atoms with Crippen LogP contribution < -0.4 is 14.2 Å². The summed E-state index contributed by atoms with van der Waals surface area (Å²) in [5.74, 6) is 2.15. The Morgan fingerprint density at radius 2 is 1.53 bits per heavy atom. The van der Waals surface area contributed by atoms with E-state index < -0.39 is 0 Å². The van der Waals surface area contributed by atoms with Crippen molar-refractivity contribution in [2.75, 3.05) is 20.8 Å². The third kappa shape index (κ3) is 5.41. The summed E-state index contributed by atoms with van der Waals surface area (Å²) in [5, 5.41) is 0. The second-order valence-corrected chi connectivity index (χ2v) is 4.61. The highest BCUT2D eigenvalue weighted by atomic mass is 16.5. The Morgan fingerprint density at radius 3 is 2.21 bits per heavy atom. The maximum atomic E-state index is 5.77. The van der Waals surface area contributed by atoms with E-state index in [1.54, 1.807) is 14.2 Å². The summed E-state index contributed by atoms with van der Waals surface area (Å²) < 4.78 is 16.3. The van der Waals surface area contributed by atoms with Crippen LogP contribution in [0.1, 0.15) is 45.4 Å². The van der Waals surface area contributed by atoms with Crippen LogP contribution in [-0.4, -0.2) is 20.8 Å². The van der Waals surface area contributed by atoms with E-state index in [4.69, 9.17) is 14.2 Å². The quantitative estimate of drug-likeness (QED) is 0.586. The van der Waals surface area contributed by atoms with Gasteiger partial charge in [-0.3, -0.25) is 0 Å². The van der Waals surface area contributed by atoms with Crippen LogP contribution in [0.5, 0.6) is 17.2 Å². The highest BCUT2D eigenvalue weighted by Crippen LogP contribution is 2.36. The van der Waals surface area contributed by atoms with Gasteiger partial charge in [0.25, 0.3) is 0 Å². The molecule has 0 saturated heterocycles. The van der Waals surface area contributed by atoms with Gasteiger partial charge >= 0.3 is 0 Å². The van der Waals surface area contributed by atoms with Crippen molar-refractivity contribution in [3.8, 4) is 17.2 Å². The van der Waals surface area contributed by atoms with Crippen molar-refractivity contribution in [3.05, 3.63) is 18.2 Å². The van der Waals surface area contributed by atoms with Crippen molar-refractivity contribution in [2.45, 2.75) is 45.4 Å². The van der Waals surface area contributed by atoms with E-state index in [1.807, 2.05) is 18.2 Å². The van der Waals surface area contributed by atoms with Crippen molar-refractivity contribution in [3.63, 3.8) is 0 Å². The van der Waals surface area contributed by atoms with E-state index in [2.05, 4.69) is 6.92 Å². The van der Waals surface area contributed by atoms with Gasteiger partial charge in [0, 0.05) is 0 Å². The van der Waals surface area contributed by atoms with Crippen molar-refractivity contribution in [2.24, 2.45) is 0 Å². The Morgan fingerprint density at radius 1 is 0.842 bits per heavy atom. The molecule has 0 atom stereocenters. The Labute approximate surface area is 116 Å². The third-order valence-electron chi connectivity index (χ3n) is 3.12. The van der Waals surface area contributed by atoms with Crippen LogP contribution in [0.4, 0.5) is 0 Å². The maximum absolute atomic E-state index is 5.77. The normalized spacial score (nSPS) is 10.3. The van der Waals surface area contributed by atoms with Crippen LogP contribution in [0.2, 0.25) is 0 Å². The number of methoxy groups -OCH3 is 2. The molecule has 0 aliphatic heterocycles. The standard InChI is InChI=1S/C16H26O3/c1-4-5-6-7-8-9-13-19-15-12-10-11-14(17-2)16(15)18-3/h10-12H,4-9,13H2,1-3H3. The molecule has 0 bridgehead atoms. The fourth-order valence-electron chi connectivity index (χ4n) is 2.04. The van der Waals surface area contributed by atoms with Crippen LogP contribution in [0.25, 0.3) is 0 Å². The van der Waals surface area contributed by atoms with Gasteiger partial charge in [0.05, 0.1) is 20.8 Å². The van der Waals surface area contributed by atoms with Gasteiger partial charge < -0.3 is 14.2 Å². The topological polar surface area (TPSA) is 27.7 Å². The van der Waals surface area contributed by atoms with Crippen LogP contribution in [-0.2, 0) is 0 Å². The maximum Gasteiger partial charge on any atom is 0.203 e. The molecular formula is C16H26O3. The summed E-state index contributed by atoms with van der Waals surface area (Å²) in [6, 6.07) is 5.70. The molecule has 19 heavy (non-hydrogen) atoms. The fraction of sp³-hybridized carbons (Fsp3) is 0.625. The Bertz CT molecular complexity index is 350. The van der Waals surface area contributed by atoms with Crippen LogP contribution in [0.15, 0.2) is 18.2 Å². The van der Waals surface area contributed by atoms with E-state index in [-0.39, 0.29) is 0 Å². The monoisotopic (exact) mass is 266 g/mol. The van der Waals surface area contributed by atoms with Crippen molar-refractivity contribution < 1.29 is 14.2 Å². The zero-order valence-corrected chi connectivity index (χ0v) is 12.4. The number of ether oxygens (including phenoxy) is 3. The first-order valence-corrected chi connectivity index (χ1v) is 7.17. The lowest BCUT2D eigenvalue weighted by atomic mass is 10.1. The molecule has 0 aromatic heterocycles. The highest BCUT2D eigenvalue weighted by Gasteiger charge is 2.09. The fourth-order valence-corrected chi connectivity index (χ4v) is 2.04. The van der Waals surface area contributed by atoms with Gasteiger partial charge in [0.15, 0.2) is 11.5 Å². The number of hydrogen-bond donors (Lipinski definition) is 0. The second kappa shape index (κ2) is 9.54. The van der Waals surface area contributed by atoms with Gasteiger partial charge in [0.2, 0.25) is 5.75 Å². The minimum absolute atomic E-state index is 0.677.